The molecular weight excluding hydrogens is 215 g/mol. The molecule has 8 nitrogen and oxygen atoms in total. The van der Waals surface area contributed by atoms with E-state index >= 15 is 0 Å². The standard InChI is InChI=1S/Fe.H3O4P.4H2O/c;1-5(2,3)4;;;;/h;(H3,1,2,3,4);4*1H2. The molecule has 0 bridgehead atoms. The molecule has 0 aliphatic carbocycles. The summed E-state index contributed by atoms with van der Waals surface area (Å²) < 4.78 is 8.88. The summed E-state index contributed by atoms with van der Waals surface area (Å²) in [6.07, 6.45) is 0. The van der Waals surface area contributed by atoms with Gasteiger partial charge in [0.05, 0.1) is 0 Å². The maximum absolute atomic E-state index is 8.88. The molecular formula is H11FeO8P. The average molecular weight is 226 g/mol. The van der Waals surface area contributed by atoms with Gasteiger partial charge in [0.25, 0.3) is 0 Å². The minimum Gasteiger partial charge on any atom is -0.412 e. The van der Waals surface area contributed by atoms with Gasteiger partial charge in [-0.05, 0) is 0 Å². The molecule has 0 aromatic heterocycles. The molecule has 0 spiro atoms. The third-order valence-corrected chi connectivity index (χ3v) is 0. The maximum atomic E-state index is 8.88. The molecule has 0 atom stereocenters. The van der Waals surface area contributed by atoms with Crippen LogP contribution in [0.2, 0.25) is 0 Å². The normalized spacial score (nSPS) is 5.90. The predicted octanol–water partition coefficient (Wildman–Crippen LogP) is -4.23. The van der Waals surface area contributed by atoms with Gasteiger partial charge in [-0.25, -0.2) is 4.57 Å². The van der Waals surface area contributed by atoms with Crippen molar-refractivity contribution in [1.29, 1.82) is 0 Å². The van der Waals surface area contributed by atoms with Crippen LogP contribution in [0.1, 0.15) is 0 Å². The molecule has 10 heteroatoms. The van der Waals surface area contributed by atoms with Gasteiger partial charge in [-0.3, -0.25) is 0 Å². The Kier molecular flexibility index (Phi) is 76.3. The van der Waals surface area contributed by atoms with Crippen LogP contribution in [0, 0.1) is 0 Å². The van der Waals surface area contributed by atoms with Crippen molar-refractivity contribution in [2.45, 2.75) is 0 Å². The van der Waals surface area contributed by atoms with Crippen molar-refractivity contribution in [2.75, 3.05) is 0 Å². The second-order valence-electron chi connectivity index (χ2n) is 0.513. The zero-order chi connectivity index (χ0) is 4.50. The molecule has 0 saturated heterocycles. The summed E-state index contributed by atoms with van der Waals surface area (Å²) in [5.74, 6) is 0. The van der Waals surface area contributed by atoms with Gasteiger partial charge in [-0.2, -0.15) is 0 Å². The Bertz CT molecular complexity index is 55.4. The summed E-state index contributed by atoms with van der Waals surface area (Å²) in [7, 11) is -4.64. The summed E-state index contributed by atoms with van der Waals surface area (Å²) in [4.78, 5) is 21.6. The van der Waals surface area contributed by atoms with Crippen LogP contribution >= 0.6 is 7.82 Å². The zero-order valence-electron chi connectivity index (χ0n) is 4.55. The number of phosphoric acid groups is 1. The summed E-state index contributed by atoms with van der Waals surface area (Å²) >= 11 is 0. The Labute approximate surface area is 66.8 Å². The van der Waals surface area contributed by atoms with Gasteiger partial charge < -0.3 is 36.6 Å². The van der Waals surface area contributed by atoms with Gasteiger partial charge in [-0.1, -0.05) is 0 Å². The summed E-state index contributed by atoms with van der Waals surface area (Å²) in [6.45, 7) is 0. The van der Waals surface area contributed by atoms with Crippen molar-refractivity contribution >= 4 is 7.82 Å². The first kappa shape index (κ1) is 47.0. The summed E-state index contributed by atoms with van der Waals surface area (Å²) in [6, 6.07) is 0. The van der Waals surface area contributed by atoms with E-state index in [-0.39, 0.29) is 39.0 Å². The second-order valence-corrected chi connectivity index (χ2v) is 1.54. The quantitative estimate of drug-likeness (QED) is 0.277. The van der Waals surface area contributed by atoms with E-state index in [0.29, 0.717) is 0 Å². The van der Waals surface area contributed by atoms with Crippen molar-refractivity contribution < 1.29 is 58.2 Å². The van der Waals surface area contributed by atoms with Crippen LogP contribution < -0.4 is 0 Å². The van der Waals surface area contributed by atoms with Gasteiger partial charge in [0.1, 0.15) is 0 Å². The Balaban J connectivity index is -0.00000000800. The SMILES string of the molecule is O.O.O.O.O=P(O)(O)O.[Fe]. The van der Waals surface area contributed by atoms with Crippen molar-refractivity contribution in [3.05, 3.63) is 0 Å². The van der Waals surface area contributed by atoms with E-state index in [4.69, 9.17) is 19.2 Å². The molecule has 0 aliphatic rings. The third kappa shape index (κ3) is 2140. The Morgan fingerprint density at radius 2 is 0.800 bits per heavy atom. The van der Waals surface area contributed by atoms with E-state index in [2.05, 4.69) is 0 Å². The molecule has 0 fully saturated rings. The molecule has 0 aromatic carbocycles. The monoisotopic (exact) mass is 226 g/mol. The fourth-order valence-corrected chi connectivity index (χ4v) is 0. The zero-order valence-corrected chi connectivity index (χ0v) is 6.55. The number of rotatable bonds is 0. The topological polar surface area (TPSA) is 204 Å². The molecule has 11 N–H and O–H groups in total. The van der Waals surface area contributed by atoms with E-state index in [1.165, 1.54) is 0 Å². The second kappa shape index (κ2) is 16.2. The van der Waals surface area contributed by atoms with E-state index in [9.17, 15) is 0 Å². The van der Waals surface area contributed by atoms with Gasteiger partial charge in [-0.15, -0.1) is 0 Å². The van der Waals surface area contributed by atoms with Crippen LogP contribution in [0.5, 0.6) is 0 Å². The van der Waals surface area contributed by atoms with Crippen molar-refractivity contribution in [1.82, 2.24) is 0 Å². The molecule has 0 aliphatic heterocycles. The van der Waals surface area contributed by atoms with Crippen LogP contribution in [0.3, 0.4) is 0 Å². The molecule has 10 heavy (non-hydrogen) atoms. The Hall–Kier alpha value is 0.469. The number of hydrogen-bond acceptors (Lipinski definition) is 1. The maximum Gasteiger partial charge on any atom is 0.466 e. The first-order valence-corrected chi connectivity index (χ1v) is 2.35. The van der Waals surface area contributed by atoms with Crippen LogP contribution in [0.25, 0.3) is 0 Å². The van der Waals surface area contributed by atoms with Gasteiger partial charge >= 0.3 is 7.82 Å². The molecule has 72 valence electrons. The smallest absolute Gasteiger partial charge is 0.412 e. The van der Waals surface area contributed by atoms with E-state index in [0.717, 1.165) is 0 Å². The summed E-state index contributed by atoms with van der Waals surface area (Å²) in [5.41, 5.74) is 0. The Morgan fingerprint density at radius 3 is 0.800 bits per heavy atom. The first-order chi connectivity index (χ1) is 2.00. The molecule has 0 radical (unpaired) electrons. The van der Waals surface area contributed by atoms with E-state index in [1.807, 2.05) is 0 Å². The molecule has 0 unspecified atom stereocenters. The predicted molar refractivity (Wildman–Crippen MR) is 28.7 cm³/mol. The third-order valence-electron chi connectivity index (χ3n) is 0. The van der Waals surface area contributed by atoms with Crippen LogP contribution in [0.15, 0.2) is 0 Å². The number of hydrogen-bond donors (Lipinski definition) is 3. The van der Waals surface area contributed by atoms with Gasteiger partial charge in [0.2, 0.25) is 0 Å². The fraction of sp³-hybridized carbons (Fsp3) is 0. The molecule has 0 saturated carbocycles. The summed E-state index contributed by atoms with van der Waals surface area (Å²) in [5, 5.41) is 0. The molecule has 0 rings (SSSR count). The largest absolute Gasteiger partial charge is 0.466 e. The van der Waals surface area contributed by atoms with Gasteiger partial charge in [0, 0.05) is 17.1 Å². The van der Waals surface area contributed by atoms with Crippen LogP contribution in [-0.2, 0) is 21.6 Å². The van der Waals surface area contributed by atoms with E-state index < -0.39 is 7.82 Å². The van der Waals surface area contributed by atoms with Crippen molar-refractivity contribution in [3.63, 3.8) is 0 Å². The van der Waals surface area contributed by atoms with E-state index in [1.54, 1.807) is 0 Å². The average Bonchev–Trinajstić information content (AvgIpc) is 0.722. The van der Waals surface area contributed by atoms with Gasteiger partial charge in [0.15, 0.2) is 0 Å². The minimum absolute atomic E-state index is 0. The Morgan fingerprint density at radius 1 is 0.800 bits per heavy atom. The van der Waals surface area contributed by atoms with Crippen molar-refractivity contribution in [3.8, 4) is 0 Å². The molecule has 0 aromatic rings. The van der Waals surface area contributed by atoms with Crippen LogP contribution in [-0.4, -0.2) is 36.6 Å². The van der Waals surface area contributed by atoms with Crippen molar-refractivity contribution in [2.24, 2.45) is 0 Å². The molecule has 0 heterocycles. The molecule has 0 amide bonds. The minimum atomic E-state index is -4.64. The first-order valence-electron chi connectivity index (χ1n) is 0.783. The van der Waals surface area contributed by atoms with Crippen LogP contribution in [0.4, 0.5) is 0 Å². The fourth-order valence-electron chi connectivity index (χ4n) is 0.